The maximum atomic E-state index is 13.0. The molecule has 0 fully saturated rings. The minimum atomic E-state index is -4.45. The Balaban J connectivity index is 1.68. The van der Waals surface area contributed by atoms with Crippen LogP contribution < -0.4 is 10.6 Å². The molecule has 1 aliphatic rings. The first-order chi connectivity index (χ1) is 15.8. The van der Waals surface area contributed by atoms with Gasteiger partial charge in [-0.25, -0.2) is 9.97 Å². The fraction of sp³-hybridized carbons (Fsp3) is 0.364. The number of ether oxygens (including phenoxy) is 1. The Labute approximate surface area is 188 Å². The lowest BCUT2D eigenvalue weighted by Crippen LogP contribution is -2.28. The van der Waals surface area contributed by atoms with E-state index in [1.54, 1.807) is 25.0 Å². The van der Waals surface area contributed by atoms with Crippen molar-refractivity contribution in [2.45, 2.75) is 25.4 Å². The summed E-state index contributed by atoms with van der Waals surface area (Å²) < 4.78 is 45.7. The van der Waals surface area contributed by atoms with Crippen molar-refractivity contribution in [3.63, 3.8) is 0 Å². The zero-order valence-electron chi connectivity index (χ0n) is 18.2. The number of aryl methyl sites for hydroxylation is 2. The molecule has 0 spiro atoms. The number of amides is 1. The highest BCUT2D eigenvalue weighted by Gasteiger charge is 2.31. The number of hydrogen-bond acceptors (Lipinski definition) is 6. The molecule has 2 heterocycles. The summed E-state index contributed by atoms with van der Waals surface area (Å²) in [6.07, 6.45) is -0.649. The zero-order valence-corrected chi connectivity index (χ0v) is 18.2. The largest absolute Gasteiger partial charge is 0.416 e. The molecule has 11 heteroatoms. The summed E-state index contributed by atoms with van der Waals surface area (Å²) in [4.78, 5) is 21.6. The predicted molar refractivity (Wildman–Crippen MR) is 115 cm³/mol. The third-order valence-electron chi connectivity index (χ3n) is 5.36. The van der Waals surface area contributed by atoms with Crippen LogP contribution in [0, 0.1) is 0 Å². The topological polar surface area (TPSA) is 94.0 Å². The number of carbonyl (C=O) groups is 1. The Hall–Kier alpha value is -3.47. The molecule has 2 aromatic heterocycles. The summed E-state index contributed by atoms with van der Waals surface area (Å²) >= 11 is 0. The van der Waals surface area contributed by atoms with Crippen molar-refractivity contribution in [3.8, 4) is 11.4 Å². The molecule has 1 amide bonds. The Bertz CT molecular complexity index is 1180. The second-order valence-corrected chi connectivity index (χ2v) is 7.67. The third kappa shape index (κ3) is 4.82. The zero-order chi connectivity index (χ0) is 23.6. The molecule has 1 aliphatic carbocycles. The molecule has 8 nitrogen and oxygen atoms in total. The molecule has 0 saturated carbocycles. The van der Waals surface area contributed by atoms with Gasteiger partial charge in [0.25, 0.3) is 5.91 Å². The van der Waals surface area contributed by atoms with Gasteiger partial charge >= 0.3 is 6.18 Å². The van der Waals surface area contributed by atoms with Gasteiger partial charge in [0.15, 0.2) is 5.69 Å². The molecule has 33 heavy (non-hydrogen) atoms. The Kier molecular flexibility index (Phi) is 6.32. The molecule has 4 rings (SSSR count). The molecule has 3 aromatic rings. The molecule has 0 unspecified atom stereocenters. The van der Waals surface area contributed by atoms with Crippen LogP contribution in [0.5, 0.6) is 0 Å². The van der Waals surface area contributed by atoms with E-state index in [2.05, 4.69) is 25.7 Å². The maximum Gasteiger partial charge on any atom is 0.416 e. The molecule has 0 bridgehead atoms. The van der Waals surface area contributed by atoms with Crippen LogP contribution in [0.4, 0.5) is 24.8 Å². The van der Waals surface area contributed by atoms with Crippen molar-refractivity contribution >= 4 is 17.5 Å². The molecule has 0 aliphatic heterocycles. The van der Waals surface area contributed by atoms with Gasteiger partial charge in [0, 0.05) is 38.1 Å². The van der Waals surface area contributed by atoms with E-state index in [0.29, 0.717) is 43.1 Å². The van der Waals surface area contributed by atoms with Gasteiger partial charge in [0.1, 0.15) is 0 Å². The minimum absolute atomic E-state index is 0.160. The lowest BCUT2D eigenvalue weighted by Gasteiger charge is -2.12. The predicted octanol–water partition coefficient (Wildman–Crippen LogP) is 3.50. The number of nitrogens with zero attached hydrogens (tertiary/aromatic N) is 4. The summed E-state index contributed by atoms with van der Waals surface area (Å²) in [5, 5.41) is 10.1. The van der Waals surface area contributed by atoms with Crippen LogP contribution in [-0.4, -0.2) is 45.9 Å². The van der Waals surface area contributed by atoms with Crippen molar-refractivity contribution in [3.05, 3.63) is 52.8 Å². The standard InChI is InChI=1S/C22H23F3N6O2/c1-31-19-16(18(30-31)20(32)26-9-10-33-2)8-3-5-13-12-27-21(29-17(13)19)28-15-7-4-6-14(11-15)22(23,24)25/h4,6-7,11-12H,3,5,8-10H2,1-2H3,(H,26,32)(H,27,28,29). The van der Waals surface area contributed by atoms with Gasteiger partial charge in [-0.05, 0) is 43.0 Å². The van der Waals surface area contributed by atoms with E-state index >= 15 is 0 Å². The van der Waals surface area contributed by atoms with Crippen LogP contribution in [0.15, 0.2) is 30.5 Å². The average molecular weight is 460 g/mol. The lowest BCUT2D eigenvalue weighted by molar-refractivity contribution is -0.137. The van der Waals surface area contributed by atoms with E-state index in [-0.39, 0.29) is 17.5 Å². The van der Waals surface area contributed by atoms with Gasteiger partial charge in [-0.1, -0.05) is 6.07 Å². The van der Waals surface area contributed by atoms with Gasteiger partial charge < -0.3 is 15.4 Å². The lowest BCUT2D eigenvalue weighted by atomic mass is 10.1. The van der Waals surface area contributed by atoms with E-state index in [1.165, 1.54) is 12.1 Å². The Morgan fingerprint density at radius 3 is 2.85 bits per heavy atom. The quantitative estimate of drug-likeness (QED) is 0.547. The number of anilines is 2. The first-order valence-electron chi connectivity index (χ1n) is 10.4. The molecule has 2 N–H and O–H groups in total. The molecular formula is C22H23F3N6O2. The van der Waals surface area contributed by atoms with Crippen molar-refractivity contribution in [2.75, 3.05) is 25.6 Å². The first-order valence-corrected chi connectivity index (χ1v) is 10.4. The van der Waals surface area contributed by atoms with E-state index in [0.717, 1.165) is 29.7 Å². The van der Waals surface area contributed by atoms with Gasteiger partial charge in [0.05, 0.1) is 23.6 Å². The van der Waals surface area contributed by atoms with E-state index < -0.39 is 11.7 Å². The van der Waals surface area contributed by atoms with Crippen LogP contribution in [0.2, 0.25) is 0 Å². The maximum absolute atomic E-state index is 13.0. The van der Waals surface area contributed by atoms with E-state index in [1.807, 2.05) is 0 Å². The molecule has 0 radical (unpaired) electrons. The average Bonchev–Trinajstić information content (AvgIpc) is 2.98. The van der Waals surface area contributed by atoms with Crippen LogP contribution in [-0.2, 0) is 30.8 Å². The van der Waals surface area contributed by atoms with E-state index in [4.69, 9.17) is 4.74 Å². The fourth-order valence-corrected chi connectivity index (χ4v) is 3.85. The summed E-state index contributed by atoms with van der Waals surface area (Å²) in [6.45, 7) is 0.756. The highest BCUT2D eigenvalue weighted by atomic mass is 19.4. The van der Waals surface area contributed by atoms with Gasteiger partial charge in [-0.3, -0.25) is 9.48 Å². The number of nitrogens with one attached hydrogen (secondary N) is 2. The number of fused-ring (bicyclic) bond motifs is 3. The second-order valence-electron chi connectivity index (χ2n) is 7.67. The van der Waals surface area contributed by atoms with Crippen LogP contribution in [0.3, 0.4) is 0 Å². The van der Waals surface area contributed by atoms with Crippen molar-refractivity contribution in [2.24, 2.45) is 7.05 Å². The van der Waals surface area contributed by atoms with Gasteiger partial charge in [-0.2, -0.15) is 18.3 Å². The summed E-state index contributed by atoms with van der Waals surface area (Å²) in [6, 6.07) is 4.85. The Morgan fingerprint density at radius 2 is 2.09 bits per heavy atom. The highest BCUT2D eigenvalue weighted by Crippen LogP contribution is 2.34. The van der Waals surface area contributed by atoms with Gasteiger partial charge in [0.2, 0.25) is 5.95 Å². The fourth-order valence-electron chi connectivity index (χ4n) is 3.85. The number of benzene rings is 1. The summed E-state index contributed by atoms with van der Waals surface area (Å²) in [5.41, 5.74) is 2.78. The smallest absolute Gasteiger partial charge is 0.383 e. The van der Waals surface area contributed by atoms with Gasteiger partial charge in [-0.15, -0.1) is 0 Å². The summed E-state index contributed by atoms with van der Waals surface area (Å²) in [5.74, 6) is -0.128. The van der Waals surface area contributed by atoms with Crippen LogP contribution in [0.1, 0.15) is 33.6 Å². The minimum Gasteiger partial charge on any atom is -0.383 e. The number of methoxy groups -OCH3 is 1. The third-order valence-corrected chi connectivity index (χ3v) is 5.36. The normalized spacial score (nSPS) is 13.1. The first kappa shape index (κ1) is 22.7. The number of aromatic nitrogens is 4. The van der Waals surface area contributed by atoms with Crippen molar-refractivity contribution in [1.82, 2.24) is 25.1 Å². The monoisotopic (exact) mass is 460 g/mol. The van der Waals surface area contributed by atoms with Crippen LogP contribution >= 0.6 is 0 Å². The number of rotatable bonds is 6. The van der Waals surface area contributed by atoms with Crippen molar-refractivity contribution < 1.29 is 22.7 Å². The molecule has 0 saturated heterocycles. The van der Waals surface area contributed by atoms with E-state index in [9.17, 15) is 18.0 Å². The summed E-state index contributed by atoms with van der Waals surface area (Å²) in [7, 11) is 3.29. The van der Waals surface area contributed by atoms with Crippen molar-refractivity contribution in [1.29, 1.82) is 0 Å². The number of hydrogen-bond donors (Lipinski definition) is 2. The van der Waals surface area contributed by atoms with Crippen LogP contribution in [0.25, 0.3) is 11.4 Å². The number of carbonyl (C=O) groups excluding carboxylic acids is 1. The molecular weight excluding hydrogens is 437 g/mol. The second kappa shape index (κ2) is 9.18. The Morgan fingerprint density at radius 1 is 1.27 bits per heavy atom. The molecule has 1 aromatic carbocycles. The molecule has 174 valence electrons. The SMILES string of the molecule is COCCNC(=O)c1nn(C)c2c1CCCc1cnc(Nc3cccc(C(F)(F)F)c3)nc1-2. The highest BCUT2D eigenvalue weighted by molar-refractivity contribution is 5.95. The molecule has 0 atom stereocenters. The number of alkyl halides is 3. The number of halogens is 3.